The molecule has 152 valence electrons. The standard InChI is InChI=1S/C22H25FN4O2/c23-19-3-1-17(2-4-19)21(28)26-11-7-18(8-12-26)22(29)27-15-13-25(14-16-27)20-5-9-24-10-6-20/h1-6,9-10,18H,7-8,11-16H2. The number of nitrogens with zero attached hydrogens (tertiary/aromatic N) is 4. The summed E-state index contributed by atoms with van der Waals surface area (Å²) in [4.78, 5) is 35.5. The Bertz CT molecular complexity index is 843. The number of carbonyl (C=O) groups excluding carboxylic acids is 2. The van der Waals surface area contributed by atoms with Crippen LogP contribution in [0.25, 0.3) is 0 Å². The first kappa shape index (κ1) is 19.4. The van der Waals surface area contributed by atoms with E-state index in [1.165, 1.54) is 24.3 Å². The van der Waals surface area contributed by atoms with Crippen LogP contribution < -0.4 is 4.90 Å². The lowest BCUT2D eigenvalue weighted by molar-refractivity contribution is -0.137. The molecule has 4 rings (SSSR count). The van der Waals surface area contributed by atoms with E-state index in [1.807, 2.05) is 17.0 Å². The van der Waals surface area contributed by atoms with Gasteiger partial charge in [0.05, 0.1) is 0 Å². The summed E-state index contributed by atoms with van der Waals surface area (Å²) in [6, 6.07) is 9.61. The second-order valence-electron chi connectivity index (χ2n) is 7.59. The molecule has 2 fully saturated rings. The molecule has 2 amide bonds. The fourth-order valence-electron chi connectivity index (χ4n) is 4.10. The number of piperidine rings is 1. The molecule has 0 aliphatic carbocycles. The van der Waals surface area contributed by atoms with Gasteiger partial charge >= 0.3 is 0 Å². The molecular formula is C22H25FN4O2. The van der Waals surface area contributed by atoms with Crippen molar-refractivity contribution >= 4 is 17.5 Å². The van der Waals surface area contributed by atoms with Crippen LogP contribution in [0.4, 0.5) is 10.1 Å². The summed E-state index contributed by atoms with van der Waals surface area (Å²) in [5.74, 6) is -0.273. The predicted molar refractivity (Wildman–Crippen MR) is 108 cm³/mol. The van der Waals surface area contributed by atoms with E-state index in [-0.39, 0.29) is 23.5 Å². The number of carbonyl (C=O) groups is 2. The van der Waals surface area contributed by atoms with Crippen LogP contribution in [0.1, 0.15) is 23.2 Å². The third-order valence-electron chi connectivity index (χ3n) is 5.84. The summed E-state index contributed by atoms with van der Waals surface area (Å²) in [5, 5.41) is 0. The van der Waals surface area contributed by atoms with Crippen LogP contribution in [-0.2, 0) is 4.79 Å². The number of halogens is 1. The average Bonchev–Trinajstić information content (AvgIpc) is 2.79. The van der Waals surface area contributed by atoms with Gasteiger partial charge in [-0.3, -0.25) is 14.6 Å². The van der Waals surface area contributed by atoms with Crippen molar-refractivity contribution in [3.05, 3.63) is 60.2 Å². The summed E-state index contributed by atoms with van der Waals surface area (Å²) in [6.07, 6.45) is 4.93. The summed E-state index contributed by atoms with van der Waals surface area (Å²) in [7, 11) is 0. The number of hydrogen-bond donors (Lipinski definition) is 0. The molecule has 0 atom stereocenters. The lowest BCUT2D eigenvalue weighted by Gasteiger charge is -2.39. The SMILES string of the molecule is O=C(c1ccc(F)cc1)N1CCC(C(=O)N2CCN(c3ccncc3)CC2)CC1. The zero-order chi connectivity index (χ0) is 20.2. The van der Waals surface area contributed by atoms with Crippen LogP contribution in [0.2, 0.25) is 0 Å². The van der Waals surface area contributed by atoms with Crippen LogP contribution >= 0.6 is 0 Å². The maximum absolute atomic E-state index is 13.1. The monoisotopic (exact) mass is 396 g/mol. The molecule has 0 saturated carbocycles. The van der Waals surface area contributed by atoms with E-state index in [1.54, 1.807) is 17.3 Å². The lowest BCUT2D eigenvalue weighted by atomic mass is 9.94. The largest absolute Gasteiger partial charge is 0.368 e. The summed E-state index contributed by atoms with van der Waals surface area (Å²) >= 11 is 0. The molecule has 1 aromatic carbocycles. The van der Waals surface area contributed by atoms with Gasteiger partial charge in [0.1, 0.15) is 5.82 Å². The van der Waals surface area contributed by atoms with Gasteiger partial charge in [-0.15, -0.1) is 0 Å². The maximum atomic E-state index is 13.1. The minimum Gasteiger partial charge on any atom is -0.368 e. The first-order chi connectivity index (χ1) is 14.1. The Morgan fingerprint density at radius 3 is 2.07 bits per heavy atom. The number of pyridine rings is 1. The third-order valence-corrected chi connectivity index (χ3v) is 5.84. The van der Waals surface area contributed by atoms with E-state index < -0.39 is 0 Å². The Morgan fingerprint density at radius 1 is 0.828 bits per heavy atom. The van der Waals surface area contributed by atoms with Crippen LogP contribution in [-0.4, -0.2) is 65.9 Å². The van der Waals surface area contributed by atoms with Crippen molar-refractivity contribution in [3.8, 4) is 0 Å². The van der Waals surface area contributed by atoms with Crippen molar-refractivity contribution in [1.82, 2.24) is 14.8 Å². The molecule has 0 bridgehead atoms. The number of likely N-dealkylation sites (tertiary alicyclic amines) is 1. The van der Waals surface area contributed by atoms with Crippen molar-refractivity contribution in [1.29, 1.82) is 0 Å². The number of rotatable bonds is 3. The van der Waals surface area contributed by atoms with Crippen molar-refractivity contribution in [3.63, 3.8) is 0 Å². The van der Waals surface area contributed by atoms with Gasteiger partial charge in [0.25, 0.3) is 5.91 Å². The van der Waals surface area contributed by atoms with Gasteiger partial charge in [0.15, 0.2) is 0 Å². The second-order valence-corrected chi connectivity index (χ2v) is 7.59. The third kappa shape index (κ3) is 4.39. The highest BCUT2D eigenvalue weighted by Gasteiger charge is 2.32. The molecule has 0 radical (unpaired) electrons. The van der Waals surface area contributed by atoms with E-state index in [0.29, 0.717) is 31.5 Å². The Morgan fingerprint density at radius 2 is 1.45 bits per heavy atom. The van der Waals surface area contributed by atoms with E-state index in [0.717, 1.165) is 31.9 Å². The van der Waals surface area contributed by atoms with E-state index in [9.17, 15) is 14.0 Å². The fraction of sp³-hybridized carbons (Fsp3) is 0.409. The van der Waals surface area contributed by atoms with Gasteiger partial charge < -0.3 is 14.7 Å². The van der Waals surface area contributed by atoms with Gasteiger partial charge in [-0.2, -0.15) is 0 Å². The van der Waals surface area contributed by atoms with Gasteiger partial charge in [-0.25, -0.2) is 4.39 Å². The zero-order valence-electron chi connectivity index (χ0n) is 16.3. The van der Waals surface area contributed by atoms with Crippen LogP contribution in [0.5, 0.6) is 0 Å². The minimum atomic E-state index is -0.352. The number of benzene rings is 1. The molecule has 2 aromatic rings. The number of anilines is 1. The van der Waals surface area contributed by atoms with E-state index in [4.69, 9.17) is 0 Å². The number of hydrogen-bond acceptors (Lipinski definition) is 4. The van der Waals surface area contributed by atoms with Gasteiger partial charge in [-0.1, -0.05) is 0 Å². The molecular weight excluding hydrogens is 371 g/mol. The minimum absolute atomic E-state index is 0.0280. The Kier molecular flexibility index (Phi) is 5.74. The highest BCUT2D eigenvalue weighted by molar-refractivity contribution is 5.94. The normalized spacial score (nSPS) is 18.0. The molecule has 2 aliphatic rings. The predicted octanol–water partition coefficient (Wildman–Crippen LogP) is 2.42. The summed E-state index contributed by atoms with van der Waals surface area (Å²) in [6.45, 7) is 4.19. The van der Waals surface area contributed by atoms with Crippen molar-refractivity contribution in [2.24, 2.45) is 5.92 Å². The molecule has 0 spiro atoms. The molecule has 0 unspecified atom stereocenters. The molecule has 2 saturated heterocycles. The Hall–Kier alpha value is -2.96. The highest BCUT2D eigenvalue weighted by atomic mass is 19.1. The molecule has 3 heterocycles. The quantitative estimate of drug-likeness (QED) is 0.800. The summed E-state index contributed by atoms with van der Waals surface area (Å²) in [5.41, 5.74) is 1.63. The van der Waals surface area contributed by atoms with Crippen LogP contribution in [0.15, 0.2) is 48.8 Å². The molecule has 0 N–H and O–H groups in total. The van der Waals surface area contributed by atoms with Gasteiger partial charge in [0.2, 0.25) is 5.91 Å². The molecule has 29 heavy (non-hydrogen) atoms. The topological polar surface area (TPSA) is 56.8 Å². The molecule has 7 heteroatoms. The van der Waals surface area contributed by atoms with Crippen LogP contribution in [0.3, 0.4) is 0 Å². The Labute approximate surface area is 169 Å². The maximum Gasteiger partial charge on any atom is 0.253 e. The van der Waals surface area contributed by atoms with Gasteiger partial charge in [0, 0.05) is 68.8 Å². The first-order valence-electron chi connectivity index (χ1n) is 10.1. The fourth-order valence-corrected chi connectivity index (χ4v) is 4.10. The van der Waals surface area contributed by atoms with Gasteiger partial charge in [-0.05, 0) is 49.2 Å². The number of piperazine rings is 1. The van der Waals surface area contributed by atoms with Crippen molar-refractivity contribution < 1.29 is 14.0 Å². The zero-order valence-corrected chi connectivity index (χ0v) is 16.3. The lowest BCUT2D eigenvalue weighted by Crippen LogP contribution is -2.52. The van der Waals surface area contributed by atoms with E-state index >= 15 is 0 Å². The second kappa shape index (κ2) is 8.59. The van der Waals surface area contributed by atoms with Crippen molar-refractivity contribution in [2.75, 3.05) is 44.2 Å². The number of amides is 2. The highest BCUT2D eigenvalue weighted by Crippen LogP contribution is 2.23. The van der Waals surface area contributed by atoms with Crippen molar-refractivity contribution in [2.45, 2.75) is 12.8 Å². The first-order valence-corrected chi connectivity index (χ1v) is 10.1. The van der Waals surface area contributed by atoms with E-state index in [2.05, 4.69) is 9.88 Å². The average molecular weight is 396 g/mol. The molecule has 6 nitrogen and oxygen atoms in total. The summed E-state index contributed by atoms with van der Waals surface area (Å²) < 4.78 is 13.1. The number of aromatic nitrogens is 1. The molecule has 2 aliphatic heterocycles. The Balaban J connectivity index is 1.27. The molecule has 1 aromatic heterocycles. The van der Waals surface area contributed by atoms with Crippen LogP contribution in [0, 0.1) is 11.7 Å². The smallest absolute Gasteiger partial charge is 0.253 e.